The van der Waals surface area contributed by atoms with Crippen LogP contribution in [0, 0.1) is 10.8 Å². The summed E-state index contributed by atoms with van der Waals surface area (Å²) in [5, 5.41) is 0. The molecule has 88 valence electrons. The largest absolute Gasteiger partial charge is 0.300 e. The standard InChI is InChI=1S/C14H26O/c1-11(8-12(2)15)9-14(6,7)10-13(3,4)5/h9H,8,10H2,1-7H3. The van der Waals surface area contributed by atoms with E-state index < -0.39 is 0 Å². The Bertz CT molecular complexity index is 251. The first kappa shape index (κ1) is 14.4. The van der Waals surface area contributed by atoms with Crippen LogP contribution in [0.1, 0.15) is 61.3 Å². The van der Waals surface area contributed by atoms with E-state index in [4.69, 9.17) is 0 Å². The normalized spacial score (nSPS) is 14.2. The number of allylic oxidation sites excluding steroid dienone is 2. The molecule has 0 rings (SSSR count). The topological polar surface area (TPSA) is 17.1 Å². The zero-order valence-corrected chi connectivity index (χ0v) is 11.4. The molecule has 0 saturated carbocycles. The summed E-state index contributed by atoms with van der Waals surface area (Å²) in [5.41, 5.74) is 1.70. The molecule has 0 saturated heterocycles. The summed E-state index contributed by atoms with van der Waals surface area (Å²) in [6.07, 6.45) is 3.97. The van der Waals surface area contributed by atoms with E-state index in [2.05, 4.69) is 40.7 Å². The maximum Gasteiger partial charge on any atom is 0.133 e. The van der Waals surface area contributed by atoms with Gasteiger partial charge in [-0.3, -0.25) is 4.79 Å². The molecule has 1 nitrogen and oxygen atoms in total. The lowest BCUT2D eigenvalue weighted by Crippen LogP contribution is -2.19. The van der Waals surface area contributed by atoms with Crippen LogP contribution in [-0.2, 0) is 4.79 Å². The molecule has 0 N–H and O–H groups in total. The average molecular weight is 210 g/mol. The molecule has 0 amide bonds. The van der Waals surface area contributed by atoms with Gasteiger partial charge in [-0.05, 0) is 31.1 Å². The predicted octanol–water partition coefficient (Wildman–Crippen LogP) is 4.37. The van der Waals surface area contributed by atoms with Crippen molar-refractivity contribution in [3.05, 3.63) is 11.6 Å². The summed E-state index contributed by atoms with van der Waals surface area (Å²) in [7, 11) is 0. The van der Waals surface area contributed by atoms with Gasteiger partial charge in [-0.2, -0.15) is 0 Å². The Morgan fingerprint density at radius 1 is 1.07 bits per heavy atom. The molecule has 0 aromatic rings. The summed E-state index contributed by atoms with van der Waals surface area (Å²) in [6, 6.07) is 0. The molecular formula is C14H26O. The molecule has 1 heteroatoms. The van der Waals surface area contributed by atoms with E-state index >= 15 is 0 Å². The number of hydrogen-bond acceptors (Lipinski definition) is 1. The van der Waals surface area contributed by atoms with Gasteiger partial charge in [-0.15, -0.1) is 0 Å². The smallest absolute Gasteiger partial charge is 0.133 e. The maximum absolute atomic E-state index is 11.0. The fraction of sp³-hybridized carbons (Fsp3) is 0.786. The fourth-order valence-electron chi connectivity index (χ4n) is 2.53. The zero-order valence-electron chi connectivity index (χ0n) is 11.4. The number of hydrogen-bond donors (Lipinski definition) is 0. The van der Waals surface area contributed by atoms with Gasteiger partial charge in [-0.25, -0.2) is 0 Å². The predicted molar refractivity (Wildman–Crippen MR) is 66.9 cm³/mol. The molecule has 0 aromatic heterocycles. The number of rotatable bonds is 4. The van der Waals surface area contributed by atoms with Crippen LogP contribution in [0.15, 0.2) is 11.6 Å². The van der Waals surface area contributed by atoms with Gasteiger partial charge in [0.2, 0.25) is 0 Å². The van der Waals surface area contributed by atoms with Crippen molar-refractivity contribution < 1.29 is 4.79 Å². The average Bonchev–Trinajstić information content (AvgIpc) is 1.73. The van der Waals surface area contributed by atoms with Crippen molar-refractivity contribution in [1.29, 1.82) is 0 Å². The van der Waals surface area contributed by atoms with Crippen molar-refractivity contribution >= 4 is 5.78 Å². The molecule has 0 fully saturated rings. The van der Waals surface area contributed by atoms with Crippen LogP contribution in [0.5, 0.6) is 0 Å². The molecule has 0 aromatic carbocycles. The molecule has 0 heterocycles. The van der Waals surface area contributed by atoms with Crippen LogP contribution < -0.4 is 0 Å². The molecule has 15 heavy (non-hydrogen) atoms. The van der Waals surface area contributed by atoms with Gasteiger partial charge in [-0.1, -0.05) is 46.3 Å². The van der Waals surface area contributed by atoms with E-state index in [1.54, 1.807) is 6.92 Å². The molecule has 0 spiro atoms. The maximum atomic E-state index is 11.0. The highest BCUT2D eigenvalue weighted by atomic mass is 16.1. The Kier molecular flexibility index (Phi) is 4.76. The second kappa shape index (κ2) is 4.96. The first-order valence-corrected chi connectivity index (χ1v) is 5.70. The van der Waals surface area contributed by atoms with E-state index in [1.165, 1.54) is 5.57 Å². The van der Waals surface area contributed by atoms with Crippen LogP contribution in [-0.4, -0.2) is 5.78 Å². The molecule has 0 aliphatic heterocycles. The molecule has 0 atom stereocenters. The summed E-state index contributed by atoms with van der Waals surface area (Å²) in [5.74, 6) is 0.246. The Hall–Kier alpha value is -0.590. The number of ketones is 1. The van der Waals surface area contributed by atoms with E-state index in [9.17, 15) is 4.79 Å². The first-order chi connectivity index (χ1) is 6.52. The molecular weight excluding hydrogens is 184 g/mol. The van der Waals surface area contributed by atoms with Gasteiger partial charge in [0, 0.05) is 6.42 Å². The van der Waals surface area contributed by atoms with E-state index in [1.807, 2.05) is 6.92 Å². The molecule has 0 unspecified atom stereocenters. The number of carbonyl (C=O) groups excluding carboxylic acids is 1. The Morgan fingerprint density at radius 2 is 1.53 bits per heavy atom. The van der Waals surface area contributed by atoms with Gasteiger partial charge in [0.05, 0.1) is 0 Å². The van der Waals surface area contributed by atoms with Crippen LogP contribution >= 0.6 is 0 Å². The van der Waals surface area contributed by atoms with Crippen molar-refractivity contribution in [3.63, 3.8) is 0 Å². The summed E-state index contributed by atoms with van der Waals surface area (Å²) in [4.78, 5) is 11.0. The highest BCUT2D eigenvalue weighted by Crippen LogP contribution is 2.35. The lowest BCUT2D eigenvalue weighted by Gasteiger charge is -2.30. The molecule has 0 aliphatic carbocycles. The second-order valence-corrected chi connectivity index (χ2v) is 6.60. The van der Waals surface area contributed by atoms with E-state index in [0.29, 0.717) is 11.8 Å². The SMILES string of the molecule is CC(=O)CC(C)=CC(C)(C)CC(C)(C)C. The zero-order chi connectivity index (χ0) is 12.3. The van der Waals surface area contributed by atoms with Crippen molar-refractivity contribution in [2.45, 2.75) is 61.3 Å². The number of Topliss-reactive ketones (excluding diaryl/α,β-unsaturated/α-hetero) is 1. The summed E-state index contributed by atoms with van der Waals surface area (Å²) < 4.78 is 0. The molecule has 0 radical (unpaired) electrons. The van der Waals surface area contributed by atoms with Crippen LogP contribution in [0.2, 0.25) is 0 Å². The Morgan fingerprint density at radius 3 is 1.87 bits per heavy atom. The fourth-order valence-corrected chi connectivity index (χ4v) is 2.53. The molecule has 0 bridgehead atoms. The van der Waals surface area contributed by atoms with Crippen molar-refractivity contribution in [1.82, 2.24) is 0 Å². The summed E-state index contributed by atoms with van der Waals surface area (Å²) in [6.45, 7) is 14.9. The third-order valence-corrected chi connectivity index (χ3v) is 2.15. The minimum Gasteiger partial charge on any atom is -0.300 e. The van der Waals surface area contributed by atoms with Gasteiger partial charge < -0.3 is 0 Å². The van der Waals surface area contributed by atoms with E-state index in [-0.39, 0.29) is 11.2 Å². The van der Waals surface area contributed by atoms with Gasteiger partial charge in [0.25, 0.3) is 0 Å². The lowest BCUT2D eigenvalue weighted by atomic mass is 9.75. The summed E-state index contributed by atoms with van der Waals surface area (Å²) >= 11 is 0. The second-order valence-electron chi connectivity index (χ2n) is 6.60. The highest BCUT2D eigenvalue weighted by Gasteiger charge is 2.23. The van der Waals surface area contributed by atoms with Crippen LogP contribution in [0.3, 0.4) is 0 Å². The van der Waals surface area contributed by atoms with Crippen molar-refractivity contribution in [2.24, 2.45) is 10.8 Å². The Balaban J connectivity index is 4.54. The molecule has 0 aliphatic rings. The van der Waals surface area contributed by atoms with Crippen molar-refractivity contribution in [2.75, 3.05) is 0 Å². The Labute approximate surface area is 95.0 Å². The van der Waals surface area contributed by atoms with Gasteiger partial charge in [0.1, 0.15) is 5.78 Å². The lowest BCUT2D eigenvalue weighted by molar-refractivity contribution is -0.116. The minimum absolute atomic E-state index is 0.178. The monoisotopic (exact) mass is 210 g/mol. The third-order valence-electron chi connectivity index (χ3n) is 2.15. The minimum atomic E-state index is 0.178. The van der Waals surface area contributed by atoms with E-state index in [0.717, 1.165) is 6.42 Å². The number of carbonyl (C=O) groups is 1. The van der Waals surface area contributed by atoms with Crippen molar-refractivity contribution in [3.8, 4) is 0 Å². The quantitative estimate of drug-likeness (QED) is 0.629. The van der Waals surface area contributed by atoms with Crippen LogP contribution in [0.4, 0.5) is 0 Å². The first-order valence-electron chi connectivity index (χ1n) is 5.70. The van der Waals surface area contributed by atoms with Crippen LogP contribution in [0.25, 0.3) is 0 Å². The van der Waals surface area contributed by atoms with Gasteiger partial charge in [0.15, 0.2) is 0 Å². The highest BCUT2D eigenvalue weighted by molar-refractivity contribution is 5.77. The van der Waals surface area contributed by atoms with Gasteiger partial charge >= 0.3 is 0 Å². The third kappa shape index (κ3) is 8.41.